The highest BCUT2D eigenvalue weighted by Gasteiger charge is 2.31. The van der Waals surface area contributed by atoms with Crippen molar-refractivity contribution in [2.45, 2.75) is 39.2 Å². The molecular formula is C13H21N. The van der Waals surface area contributed by atoms with E-state index >= 15 is 0 Å². The molecule has 1 N–H and O–H groups in total. The monoisotopic (exact) mass is 191 g/mol. The third kappa shape index (κ3) is 1.83. The Kier molecular flexibility index (Phi) is 3.70. The van der Waals surface area contributed by atoms with Gasteiger partial charge >= 0.3 is 0 Å². The first kappa shape index (κ1) is 11.3. The number of aryl methyl sites for hydroxylation is 1. The smallest absolute Gasteiger partial charge is 0.0409 e. The summed E-state index contributed by atoms with van der Waals surface area (Å²) in [4.78, 5) is 0. The summed E-state index contributed by atoms with van der Waals surface area (Å²) in [6, 6.07) is 8.72. The quantitative estimate of drug-likeness (QED) is 0.719. The summed E-state index contributed by atoms with van der Waals surface area (Å²) in [5.41, 5.74) is 3.21. The standard InChI is InChI=1S/C11H15N.C2H6/c1-11(12-2)8-7-9-5-3-4-6-10(9)11;1-2/h3-6,12H,7-8H2,1-2H3;1-2H3. The highest BCUT2D eigenvalue weighted by molar-refractivity contribution is 5.37. The minimum atomic E-state index is 0.219. The fourth-order valence-electron chi connectivity index (χ4n) is 2.06. The number of benzene rings is 1. The number of hydrogen-bond acceptors (Lipinski definition) is 1. The molecule has 1 atom stereocenters. The van der Waals surface area contributed by atoms with Crippen LogP contribution in [0.1, 0.15) is 38.3 Å². The molecule has 14 heavy (non-hydrogen) atoms. The molecule has 78 valence electrons. The molecule has 0 saturated carbocycles. The van der Waals surface area contributed by atoms with Crippen LogP contribution in [0.25, 0.3) is 0 Å². The van der Waals surface area contributed by atoms with Crippen molar-refractivity contribution in [1.29, 1.82) is 0 Å². The van der Waals surface area contributed by atoms with Gasteiger partial charge in [-0.25, -0.2) is 0 Å². The third-order valence-corrected chi connectivity index (χ3v) is 3.06. The van der Waals surface area contributed by atoms with Gasteiger partial charge in [-0.05, 0) is 37.9 Å². The normalized spacial score (nSPS) is 23.7. The Balaban J connectivity index is 0.000000461. The van der Waals surface area contributed by atoms with E-state index in [0.29, 0.717) is 0 Å². The predicted molar refractivity (Wildman–Crippen MR) is 62.5 cm³/mol. The third-order valence-electron chi connectivity index (χ3n) is 3.06. The van der Waals surface area contributed by atoms with Crippen molar-refractivity contribution in [3.63, 3.8) is 0 Å². The summed E-state index contributed by atoms with van der Waals surface area (Å²) in [6.07, 6.45) is 2.44. The van der Waals surface area contributed by atoms with Crippen LogP contribution in [0.5, 0.6) is 0 Å². The largest absolute Gasteiger partial charge is 0.311 e. The molecule has 0 radical (unpaired) electrons. The molecule has 1 unspecified atom stereocenters. The molecule has 0 saturated heterocycles. The summed E-state index contributed by atoms with van der Waals surface area (Å²) in [6.45, 7) is 6.28. The molecule has 0 fully saturated rings. The van der Waals surface area contributed by atoms with E-state index in [-0.39, 0.29) is 5.54 Å². The van der Waals surface area contributed by atoms with E-state index in [9.17, 15) is 0 Å². The van der Waals surface area contributed by atoms with Gasteiger partial charge in [0.15, 0.2) is 0 Å². The number of hydrogen-bond donors (Lipinski definition) is 1. The van der Waals surface area contributed by atoms with E-state index in [2.05, 4.69) is 36.5 Å². The Morgan fingerprint density at radius 3 is 2.50 bits per heavy atom. The molecule has 0 amide bonds. The molecule has 0 aliphatic heterocycles. The van der Waals surface area contributed by atoms with E-state index in [1.807, 2.05) is 20.9 Å². The zero-order valence-electron chi connectivity index (χ0n) is 9.72. The molecular weight excluding hydrogens is 170 g/mol. The van der Waals surface area contributed by atoms with Crippen LogP contribution >= 0.6 is 0 Å². The van der Waals surface area contributed by atoms with Crippen LogP contribution in [0.4, 0.5) is 0 Å². The second-order valence-electron chi connectivity index (χ2n) is 3.74. The van der Waals surface area contributed by atoms with Crippen LogP contribution in [-0.2, 0) is 12.0 Å². The van der Waals surface area contributed by atoms with Gasteiger partial charge in [0.1, 0.15) is 0 Å². The van der Waals surface area contributed by atoms with Crippen LogP contribution in [0.15, 0.2) is 24.3 Å². The fourth-order valence-corrected chi connectivity index (χ4v) is 2.06. The molecule has 1 aliphatic carbocycles. The van der Waals surface area contributed by atoms with E-state index in [1.165, 1.54) is 24.0 Å². The van der Waals surface area contributed by atoms with Crippen LogP contribution in [-0.4, -0.2) is 7.05 Å². The lowest BCUT2D eigenvalue weighted by atomic mass is 9.95. The first-order valence-electron chi connectivity index (χ1n) is 5.53. The summed E-state index contributed by atoms with van der Waals surface area (Å²) in [7, 11) is 2.04. The molecule has 0 aromatic heterocycles. The summed E-state index contributed by atoms with van der Waals surface area (Å²) >= 11 is 0. The number of nitrogens with one attached hydrogen (secondary N) is 1. The lowest BCUT2D eigenvalue weighted by Gasteiger charge is -2.24. The van der Waals surface area contributed by atoms with Crippen LogP contribution in [0.3, 0.4) is 0 Å². The Morgan fingerprint density at radius 1 is 1.21 bits per heavy atom. The van der Waals surface area contributed by atoms with Crippen molar-refractivity contribution in [2.75, 3.05) is 7.05 Å². The van der Waals surface area contributed by atoms with Gasteiger partial charge in [0.05, 0.1) is 0 Å². The van der Waals surface area contributed by atoms with Crippen LogP contribution in [0.2, 0.25) is 0 Å². The van der Waals surface area contributed by atoms with Gasteiger partial charge in [0.25, 0.3) is 0 Å². The second kappa shape index (κ2) is 4.61. The van der Waals surface area contributed by atoms with Crippen molar-refractivity contribution < 1.29 is 0 Å². The Labute approximate surface area is 87.5 Å². The summed E-state index contributed by atoms with van der Waals surface area (Å²) in [5.74, 6) is 0. The van der Waals surface area contributed by atoms with Crippen molar-refractivity contribution in [3.8, 4) is 0 Å². The SMILES string of the molecule is CC.CNC1(C)CCc2ccccc21. The molecule has 1 nitrogen and oxygen atoms in total. The van der Waals surface area contributed by atoms with Crippen molar-refractivity contribution in [2.24, 2.45) is 0 Å². The maximum atomic E-state index is 3.40. The fraction of sp³-hybridized carbons (Fsp3) is 0.538. The van der Waals surface area contributed by atoms with Gasteiger partial charge < -0.3 is 5.32 Å². The van der Waals surface area contributed by atoms with Gasteiger partial charge in [0.2, 0.25) is 0 Å². The summed E-state index contributed by atoms with van der Waals surface area (Å²) < 4.78 is 0. The van der Waals surface area contributed by atoms with Gasteiger partial charge in [-0.3, -0.25) is 0 Å². The molecule has 1 aromatic rings. The highest BCUT2D eigenvalue weighted by atomic mass is 14.9. The molecule has 2 rings (SSSR count). The zero-order valence-corrected chi connectivity index (χ0v) is 9.72. The molecule has 1 heteroatoms. The maximum Gasteiger partial charge on any atom is 0.0409 e. The Hall–Kier alpha value is -0.820. The molecule has 0 spiro atoms. The molecule has 1 aliphatic rings. The molecule has 1 aromatic carbocycles. The maximum absolute atomic E-state index is 3.40. The van der Waals surface area contributed by atoms with E-state index in [1.54, 1.807) is 0 Å². The van der Waals surface area contributed by atoms with Crippen molar-refractivity contribution in [3.05, 3.63) is 35.4 Å². The van der Waals surface area contributed by atoms with Gasteiger partial charge in [-0.2, -0.15) is 0 Å². The van der Waals surface area contributed by atoms with E-state index < -0.39 is 0 Å². The minimum absolute atomic E-state index is 0.219. The van der Waals surface area contributed by atoms with E-state index in [4.69, 9.17) is 0 Å². The topological polar surface area (TPSA) is 12.0 Å². The zero-order chi connectivity index (χ0) is 10.6. The van der Waals surface area contributed by atoms with Gasteiger partial charge in [0, 0.05) is 5.54 Å². The highest BCUT2D eigenvalue weighted by Crippen LogP contribution is 2.35. The second-order valence-corrected chi connectivity index (χ2v) is 3.74. The van der Waals surface area contributed by atoms with Crippen molar-refractivity contribution in [1.82, 2.24) is 5.32 Å². The lowest BCUT2D eigenvalue weighted by molar-refractivity contribution is 0.399. The van der Waals surface area contributed by atoms with Crippen LogP contribution in [0, 0.1) is 0 Å². The lowest BCUT2D eigenvalue weighted by Crippen LogP contribution is -2.33. The summed E-state index contributed by atoms with van der Waals surface area (Å²) in [5, 5.41) is 3.40. The molecule has 0 heterocycles. The van der Waals surface area contributed by atoms with Gasteiger partial charge in [-0.1, -0.05) is 38.1 Å². The minimum Gasteiger partial charge on any atom is -0.311 e. The first-order valence-corrected chi connectivity index (χ1v) is 5.53. The Morgan fingerprint density at radius 2 is 1.86 bits per heavy atom. The number of rotatable bonds is 1. The van der Waals surface area contributed by atoms with E-state index in [0.717, 1.165) is 0 Å². The van der Waals surface area contributed by atoms with Crippen LogP contribution < -0.4 is 5.32 Å². The number of fused-ring (bicyclic) bond motifs is 1. The average Bonchev–Trinajstić information content (AvgIpc) is 2.61. The Bertz CT molecular complexity index is 293. The average molecular weight is 191 g/mol. The predicted octanol–water partition coefficient (Wildman–Crippen LogP) is 3.09. The molecule has 0 bridgehead atoms. The van der Waals surface area contributed by atoms with Gasteiger partial charge in [-0.15, -0.1) is 0 Å². The first-order chi connectivity index (χ1) is 6.76. The van der Waals surface area contributed by atoms with Crippen molar-refractivity contribution >= 4 is 0 Å².